The number of nitrogens with one attached hydrogen (secondary N) is 2. The van der Waals surface area contributed by atoms with Crippen LogP contribution in [0.3, 0.4) is 0 Å². The molecule has 30 heavy (non-hydrogen) atoms. The van der Waals surface area contributed by atoms with Crippen LogP contribution in [0.25, 0.3) is 0 Å². The largest absolute Gasteiger partial charge is 0.397 e. The smallest absolute Gasteiger partial charge is 0.275 e. The van der Waals surface area contributed by atoms with Gasteiger partial charge < -0.3 is 16.4 Å². The summed E-state index contributed by atoms with van der Waals surface area (Å²) in [5.74, 6) is 0.207. The first-order valence-electron chi connectivity index (χ1n) is 9.55. The standard InChI is InChI=1S/C24H21N5O/c25-19-13-7-8-14-20(19)28-24(30)21-15-27-22(16-26-21)29-23(17-9-3-1-4-10-17)18-11-5-2-6-12-18/h1-16,23H,25H2,(H,27,29)(H,28,30). The van der Waals surface area contributed by atoms with Gasteiger partial charge in [-0.2, -0.15) is 0 Å². The number of hydrogen-bond acceptors (Lipinski definition) is 5. The number of nitrogens with two attached hydrogens (primary N) is 1. The second kappa shape index (κ2) is 8.87. The summed E-state index contributed by atoms with van der Waals surface area (Å²) < 4.78 is 0. The van der Waals surface area contributed by atoms with Crippen LogP contribution in [0.5, 0.6) is 0 Å². The molecule has 0 saturated heterocycles. The number of nitrogen functional groups attached to an aromatic ring is 1. The van der Waals surface area contributed by atoms with Crippen LogP contribution >= 0.6 is 0 Å². The molecule has 0 atom stereocenters. The van der Waals surface area contributed by atoms with E-state index in [1.54, 1.807) is 30.5 Å². The number of para-hydroxylation sites is 2. The molecule has 148 valence electrons. The Morgan fingerprint density at radius 1 is 0.767 bits per heavy atom. The summed E-state index contributed by atoms with van der Waals surface area (Å²) >= 11 is 0. The summed E-state index contributed by atoms with van der Waals surface area (Å²) in [4.78, 5) is 21.1. The first-order valence-corrected chi connectivity index (χ1v) is 9.55. The predicted molar refractivity (Wildman–Crippen MR) is 119 cm³/mol. The highest BCUT2D eigenvalue weighted by Crippen LogP contribution is 2.25. The van der Waals surface area contributed by atoms with E-state index in [0.29, 0.717) is 17.2 Å². The van der Waals surface area contributed by atoms with Gasteiger partial charge in [-0.05, 0) is 23.3 Å². The quantitative estimate of drug-likeness (QED) is 0.418. The van der Waals surface area contributed by atoms with Crippen LogP contribution in [0.4, 0.5) is 17.2 Å². The minimum atomic E-state index is -0.366. The van der Waals surface area contributed by atoms with Crippen LogP contribution in [0.2, 0.25) is 0 Å². The van der Waals surface area contributed by atoms with Crippen molar-refractivity contribution in [1.82, 2.24) is 9.97 Å². The highest BCUT2D eigenvalue weighted by Gasteiger charge is 2.15. The molecule has 1 heterocycles. The van der Waals surface area contributed by atoms with Gasteiger partial charge in [0.05, 0.1) is 29.8 Å². The predicted octanol–water partition coefficient (Wildman–Crippen LogP) is 4.51. The molecule has 0 radical (unpaired) electrons. The molecular formula is C24H21N5O. The van der Waals surface area contributed by atoms with Crippen LogP contribution in [-0.2, 0) is 0 Å². The third-order valence-electron chi connectivity index (χ3n) is 4.65. The maximum Gasteiger partial charge on any atom is 0.275 e. The summed E-state index contributed by atoms with van der Waals surface area (Å²) in [6, 6.07) is 27.2. The van der Waals surface area contributed by atoms with E-state index in [9.17, 15) is 4.79 Å². The Labute approximate surface area is 174 Å². The van der Waals surface area contributed by atoms with Gasteiger partial charge in [-0.25, -0.2) is 9.97 Å². The molecular weight excluding hydrogens is 374 g/mol. The minimum Gasteiger partial charge on any atom is -0.397 e. The molecule has 0 unspecified atom stereocenters. The lowest BCUT2D eigenvalue weighted by molar-refractivity contribution is 0.102. The van der Waals surface area contributed by atoms with Crippen molar-refractivity contribution < 1.29 is 4.79 Å². The van der Waals surface area contributed by atoms with Gasteiger partial charge >= 0.3 is 0 Å². The van der Waals surface area contributed by atoms with Crippen molar-refractivity contribution in [2.45, 2.75) is 6.04 Å². The molecule has 4 rings (SSSR count). The maximum absolute atomic E-state index is 12.5. The lowest BCUT2D eigenvalue weighted by Crippen LogP contribution is -2.17. The SMILES string of the molecule is Nc1ccccc1NC(=O)c1cnc(NC(c2ccccc2)c2ccccc2)cn1. The van der Waals surface area contributed by atoms with Crippen molar-refractivity contribution in [3.05, 3.63) is 114 Å². The number of aromatic nitrogens is 2. The number of rotatable bonds is 6. The molecule has 0 aliphatic heterocycles. The van der Waals surface area contributed by atoms with E-state index >= 15 is 0 Å². The Kier molecular flexibility index (Phi) is 5.66. The molecule has 0 saturated carbocycles. The van der Waals surface area contributed by atoms with Crippen molar-refractivity contribution in [2.75, 3.05) is 16.4 Å². The lowest BCUT2D eigenvalue weighted by atomic mass is 9.99. The number of benzene rings is 3. The van der Waals surface area contributed by atoms with Crippen molar-refractivity contribution >= 4 is 23.1 Å². The highest BCUT2D eigenvalue weighted by atomic mass is 16.1. The first-order chi connectivity index (χ1) is 14.7. The van der Waals surface area contributed by atoms with Gasteiger partial charge in [0.1, 0.15) is 11.5 Å². The summed E-state index contributed by atoms with van der Waals surface area (Å²) in [7, 11) is 0. The number of carbonyl (C=O) groups excluding carboxylic acids is 1. The Morgan fingerprint density at radius 3 is 1.93 bits per heavy atom. The number of hydrogen-bond donors (Lipinski definition) is 3. The van der Waals surface area contributed by atoms with E-state index < -0.39 is 0 Å². The molecule has 6 nitrogen and oxygen atoms in total. The van der Waals surface area contributed by atoms with E-state index in [1.165, 1.54) is 6.20 Å². The zero-order valence-corrected chi connectivity index (χ0v) is 16.2. The van der Waals surface area contributed by atoms with E-state index in [-0.39, 0.29) is 17.6 Å². The molecule has 0 aliphatic carbocycles. The van der Waals surface area contributed by atoms with Gasteiger partial charge in [-0.15, -0.1) is 0 Å². The molecule has 1 amide bonds. The Morgan fingerprint density at radius 2 is 1.37 bits per heavy atom. The maximum atomic E-state index is 12.5. The second-order valence-corrected chi connectivity index (χ2v) is 6.73. The highest BCUT2D eigenvalue weighted by molar-refractivity contribution is 6.04. The fourth-order valence-corrected chi connectivity index (χ4v) is 3.11. The van der Waals surface area contributed by atoms with Crippen LogP contribution in [0.15, 0.2) is 97.3 Å². The van der Waals surface area contributed by atoms with Crippen molar-refractivity contribution in [1.29, 1.82) is 0 Å². The zero-order valence-electron chi connectivity index (χ0n) is 16.2. The van der Waals surface area contributed by atoms with Gasteiger partial charge in [0.15, 0.2) is 0 Å². The number of nitrogens with zero attached hydrogens (tertiary/aromatic N) is 2. The average molecular weight is 395 g/mol. The fourth-order valence-electron chi connectivity index (χ4n) is 3.11. The van der Waals surface area contributed by atoms with E-state index in [1.807, 2.05) is 36.4 Å². The van der Waals surface area contributed by atoms with Gasteiger partial charge in [0.2, 0.25) is 0 Å². The number of amides is 1. The third-order valence-corrected chi connectivity index (χ3v) is 4.65. The molecule has 1 aromatic heterocycles. The molecule has 4 N–H and O–H groups in total. The molecule has 0 aliphatic rings. The molecule has 0 fully saturated rings. The summed E-state index contributed by atoms with van der Waals surface area (Å²) in [5.41, 5.74) is 9.32. The monoisotopic (exact) mass is 395 g/mol. The number of anilines is 3. The lowest BCUT2D eigenvalue weighted by Gasteiger charge is -2.20. The normalized spacial score (nSPS) is 10.6. The van der Waals surface area contributed by atoms with E-state index in [0.717, 1.165) is 11.1 Å². The second-order valence-electron chi connectivity index (χ2n) is 6.73. The van der Waals surface area contributed by atoms with Crippen LogP contribution in [0, 0.1) is 0 Å². The third kappa shape index (κ3) is 4.44. The Balaban J connectivity index is 1.53. The van der Waals surface area contributed by atoms with Crippen LogP contribution < -0.4 is 16.4 Å². The summed E-state index contributed by atoms with van der Waals surface area (Å²) in [6.45, 7) is 0. The first kappa shape index (κ1) is 19.1. The van der Waals surface area contributed by atoms with Crippen LogP contribution in [-0.4, -0.2) is 15.9 Å². The van der Waals surface area contributed by atoms with E-state index in [2.05, 4.69) is 44.9 Å². The van der Waals surface area contributed by atoms with Gasteiger partial charge in [-0.1, -0.05) is 72.8 Å². The zero-order chi connectivity index (χ0) is 20.8. The van der Waals surface area contributed by atoms with Crippen molar-refractivity contribution in [2.24, 2.45) is 0 Å². The molecule has 0 spiro atoms. The van der Waals surface area contributed by atoms with Crippen LogP contribution in [0.1, 0.15) is 27.7 Å². The number of carbonyl (C=O) groups is 1. The molecule has 0 bridgehead atoms. The van der Waals surface area contributed by atoms with Crippen molar-refractivity contribution in [3.8, 4) is 0 Å². The average Bonchev–Trinajstić information content (AvgIpc) is 2.80. The fraction of sp³-hybridized carbons (Fsp3) is 0.0417. The summed E-state index contributed by atoms with van der Waals surface area (Å²) in [6.07, 6.45) is 3.01. The van der Waals surface area contributed by atoms with Gasteiger partial charge in [0, 0.05) is 0 Å². The van der Waals surface area contributed by atoms with E-state index in [4.69, 9.17) is 5.73 Å². The molecule has 4 aromatic rings. The van der Waals surface area contributed by atoms with Crippen molar-refractivity contribution in [3.63, 3.8) is 0 Å². The Bertz CT molecular complexity index is 1080. The molecule has 6 heteroatoms. The van der Waals surface area contributed by atoms with Gasteiger partial charge in [-0.3, -0.25) is 4.79 Å². The van der Waals surface area contributed by atoms with Gasteiger partial charge in [0.25, 0.3) is 5.91 Å². The Hall–Kier alpha value is -4.19. The molecule has 3 aromatic carbocycles. The summed E-state index contributed by atoms with van der Waals surface area (Å²) in [5, 5.41) is 6.16. The minimum absolute atomic E-state index is 0.0921. The topological polar surface area (TPSA) is 92.9 Å².